The zero-order valence-corrected chi connectivity index (χ0v) is 12.4. The molecule has 2 unspecified atom stereocenters. The molecule has 98 valence electrons. The summed E-state index contributed by atoms with van der Waals surface area (Å²) in [4.78, 5) is 0. The summed E-state index contributed by atoms with van der Waals surface area (Å²) in [5, 5.41) is 0. The second-order valence-corrected chi connectivity index (χ2v) is 6.23. The Morgan fingerprint density at radius 2 is 1.19 bits per heavy atom. The average Bonchev–Trinajstić information content (AvgIpc) is 2.25. The van der Waals surface area contributed by atoms with E-state index in [-0.39, 0.29) is 0 Å². The minimum atomic E-state index is 0.882. The quantitative estimate of drug-likeness (QED) is 0.397. The number of unbranched alkanes of at least 4 members (excludes halogenated alkanes) is 2. The molecule has 0 aromatic carbocycles. The van der Waals surface area contributed by atoms with Crippen LogP contribution in [-0.2, 0) is 0 Å². The Balaban J connectivity index is 3.24. The van der Waals surface area contributed by atoms with Crippen molar-refractivity contribution in [3.05, 3.63) is 0 Å². The fraction of sp³-hybridized carbons (Fsp3) is 1.00. The third-order valence-corrected chi connectivity index (χ3v) is 3.83. The zero-order chi connectivity index (χ0) is 12.4. The van der Waals surface area contributed by atoms with Gasteiger partial charge in [-0.15, -0.1) is 0 Å². The first-order chi connectivity index (χ1) is 7.56. The second-order valence-electron chi connectivity index (χ2n) is 6.23. The van der Waals surface area contributed by atoms with E-state index in [4.69, 9.17) is 0 Å². The van der Waals surface area contributed by atoms with Crippen molar-refractivity contribution in [3.63, 3.8) is 0 Å². The van der Waals surface area contributed by atoms with Gasteiger partial charge in [0.05, 0.1) is 0 Å². The topological polar surface area (TPSA) is 0 Å². The number of hydrogen-bond acceptors (Lipinski definition) is 0. The van der Waals surface area contributed by atoms with Crippen LogP contribution in [0.5, 0.6) is 0 Å². The number of rotatable bonds is 10. The number of hydrogen-bond donors (Lipinski definition) is 0. The first kappa shape index (κ1) is 16.0. The van der Waals surface area contributed by atoms with E-state index in [0.29, 0.717) is 0 Å². The highest BCUT2D eigenvalue weighted by Crippen LogP contribution is 2.19. The van der Waals surface area contributed by atoms with Crippen molar-refractivity contribution in [2.45, 2.75) is 86.0 Å². The Morgan fingerprint density at radius 3 is 1.69 bits per heavy atom. The molecule has 16 heavy (non-hydrogen) atoms. The summed E-state index contributed by atoms with van der Waals surface area (Å²) >= 11 is 0. The third kappa shape index (κ3) is 10.5. The van der Waals surface area contributed by atoms with Gasteiger partial charge in [-0.3, -0.25) is 0 Å². The predicted octanol–water partition coefficient (Wildman–Crippen LogP) is 6.06. The van der Waals surface area contributed by atoms with Crippen LogP contribution in [0.15, 0.2) is 0 Å². The lowest BCUT2D eigenvalue weighted by Gasteiger charge is -2.13. The minimum absolute atomic E-state index is 0.882. The molecule has 0 nitrogen and oxygen atoms in total. The van der Waals surface area contributed by atoms with Gasteiger partial charge in [-0.05, 0) is 17.8 Å². The highest BCUT2D eigenvalue weighted by atomic mass is 14.1. The molecule has 0 bridgehead atoms. The Bertz CT molecular complexity index is 137. The second kappa shape index (κ2) is 10.2. The van der Waals surface area contributed by atoms with Crippen LogP contribution in [-0.4, -0.2) is 0 Å². The average molecular weight is 226 g/mol. The van der Waals surface area contributed by atoms with E-state index in [0.717, 1.165) is 17.8 Å². The molecular formula is C16H34. The molecular weight excluding hydrogens is 192 g/mol. The summed E-state index contributed by atoms with van der Waals surface area (Å²) in [5.74, 6) is 2.78. The lowest BCUT2D eigenvalue weighted by Crippen LogP contribution is -1.98. The molecule has 0 aromatic rings. The van der Waals surface area contributed by atoms with Gasteiger partial charge in [0.15, 0.2) is 0 Å². The molecule has 0 rings (SSSR count). The van der Waals surface area contributed by atoms with Crippen molar-refractivity contribution in [2.75, 3.05) is 0 Å². The van der Waals surface area contributed by atoms with Gasteiger partial charge in [-0.1, -0.05) is 86.0 Å². The summed E-state index contributed by atoms with van der Waals surface area (Å²) in [6.07, 6.45) is 11.4. The van der Waals surface area contributed by atoms with Gasteiger partial charge in [0.25, 0.3) is 0 Å². The monoisotopic (exact) mass is 226 g/mol. The van der Waals surface area contributed by atoms with Gasteiger partial charge in [-0.25, -0.2) is 0 Å². The van der Waals surface area contributed by atoms with E-state index in [9.17, 15) is 0 Å². The van der Waals surface area contributed by atoms with Crippen LogP contribution in [0.25, 0.3) is 0 Å². The summed E-state index contributed by atoms with van der Waals surface area (Å²) < 4.78 is 0. The highest BCUT2D eigenvalue weighted by molar-refractivity contribution is 4.57. The van der Waals surface area contributed by atoms with Gasteiger partial charge >= 0.3 is 0 Å². The Kier molecular flexibility index (Phi) is 10.2. The molecule has 0 heterocycles. The van der Waals surface area contributed by atoms with E-state index in [1.165, 1.54) is 51.4 Å². The predicted molar refractivity (Wildman–Crippen MR) is 75.8 cm³/mol. The van der Waals surface area contributed by atoms with E-state index in [2.05, 4.69) is 34.6 Å². The third-order valence-electron chi connectivity index (χ3n) is 3.83. The van der Waals surface area contributed by atoms with Crippen LogP contribution in [0.2, 0.25) is 0 Å². The normalized spacial score (nSPS) is 15.4. The summed E-state index contributed by atoms with van der Waals surface area (Å²) in [7, 11) is 0. The van der Waals surface area contributed by atoms with Crippen LogP contribution >= 0.6 is 0 Å². The Hall–Kier alpha value is 0. The first-order valence-corrected chi connectivity index (χ1v) is 7.56. The van der Waals surface area contributed by atoms with Crippen molar-refractivity contribution in [2.24, 2.45) is 17.8 Å². The smallest absolute Gasteiger partial charge is 0.0443 e. The molecule has 0 aliphatic heterocycles. The zero-order valence-electron chi connectivity index (χ0n) is 12.4. The van der Waals surface area contributed by atoms with Crippen LogP contribution in [0.4, 0.5) is 0 Å². The van der Waals surface area contributed by atoms with E-state index >= 15 is 0 Å². The van der Waals surface area contributed by atoms with Crippen LogP contribution in [0.3, 0.4) is 0 Å². The molecule has 0 aliphatic rings. The molecule has 0 aromatic heterocycles. The Morgan fingerprint density at radius 1 is 0.625 bits per heavy atom. The minimum Gasteiger partial charge on any atom is -0.0651 e. The molecule has 0 N–H and O–H groups in total. The van der Waals surface area contributed by atoms with Crippen molar-refractivity contribution in [3.8, 4) is 0 Å². The summed E-state index contributed by atoms with van der Waals surface area (Å²) in [5.41, 5.74) is 0. The maximum atomic E-state index is 2.43. The standard InChI is InChI=1S/C16H34/c1-6-15(4)10-8-7-9-11-16(5)13-12-14(2)3/h14-16H,6-13H2,1-5H3. The highest BCUT2D eigenvalue weighted by Gasteiger charge is 2.04. The molecule has 0 saturated carbocycles. The van der Waals surface area contributed by atoms with Gasteiger partial charge in [-0.2, -0.15) is 0 Å². The molecule has 2 atom stereocenters. The summed E-state index contributed by atoms with van der Waals surface area (Å²) in [6, 6.07) is 0. The fourth-order valence-electron chi connectivity index (χ4n) is 2.13. The fourth-order valence-corrected chi connectivity index (χ4v) is 2.13. The SMILES string of the molecule is CCC(C)CCCCCC(C)CCC(C)C. The molecule has 0 fully saturated rings. The lowest BCUT2D eigenvalue weighted by atomic mass is 9.93. The summed E-state index contributed by atoms with van der Waals surface area (Å²) in [6.45, 7) is 11.8. The van der Waals surface area contributed by atoms with Crippen molar-refractivity contribution >= 4 is 0 Å². The van der Waals surface area contributed by atoms with Crippen LogP contribution < -0.4 is 0 Å². The van der Waals surface area contributed by atoms with Gasteiger partial charge in [0, 0.05) is 0 Å². The van der Waals surface area contributed by atoms with Crippen molar-refractivity contribution < 1.29 is 0 Å². The van der Waals surface area contributed by atoms with Crippen LogP contribution in [0.1, 0.15) is 86.0 Å². The van der Waals surface area contributed by atoms with Gasteiger partial charge in [0.2, 0.25) is 0 Å². The van der Waals surface area contributed by atoms with E-state index in [1.54, 1.807) is 0 Å². The van der Waals surface area contributed by atoms with Crippen molar-refractivity contribution in [1.29, 1.82) is 0 Å². The van der Waals surface area contributed by atoms with Crippen molar-refractivity contribution in [1.82, 2.24) is 0 Å². The molecule has 0 aliphatic carbocycles. The Labute approximate surface area is 104 Å². The molecule has 0 saturated heterocycles. The largest absolute Gasteiger partial charge is 0.0651 e. The van der Waals surface area contributed by atoms with Gasteiger partial charge < -0.3 is 0 Å². The maximum absolute atomic E-state index is 2.43. The van der Waals surface area contributed by atoms with Crippen LogP contribution in [0, 0.1) is 17.8 Å². The van der Waals surface area contributed by atoms with E-state index < -0.39 is 0 Å². The van der Waals surface area contributed by atoms with E-state index in [1.807, 2.05) is 0 Å². The molecule has 0 spiro atoms. The molecule has 0 amide bonds. The first-order valence-electron chi connectivity index (χ1n) is 7.56. The molecule has 0 heteroatoms. The molecule has 0 radical (unpaired) electrons. The maximum Gasteiger partial charge on any atom is -0.0443 e. The van der Waals surface area contributed by atoms with Gasteiger partial charge in [0.1, 0.15) is 0 Å². The lowest BCUT2D eigenvalue weighted by molar-refractivity contribution is 0.403.